The molecule has 0 amide bonds. The van der Waals surface area contributed by atoms with Gasteiger partial charge in [-0.25, -0.2) is 0 Å². The third kappa shape index (κ3) is 4.51. The molecule has 0 saturated heterocycles. The molecule has 0 aromatic heterocycles. The second-order valence-corrected chi connectivity index (χ2v) is 6.19. The number of nitrogens with one attached hydrogen (secondary N) is 1. The van der Waals surface area contributed by atoms with Crippen LogP contribution in [0.5, 0.6) is 0 Å². The van der Waals surface area contributed by atoms with Crippen molar-refractivity contribution in [3.05, 3.63) is 0 Å². The van der Waals surface area contributed by atoms with Gasteiger partial charge in [0, 0.05) is 19.8 Å². The van der Waals surface area contributed by atoms with E-state index in [1.807, 2.05) is 20.8 Å². The highest BCUT2D eigenvalue weighted by atomic mass is 28.4. The average molecular weight is 249 g/mol. The van der Waals surface area contributed by atoms with Crippen molar-refractivity contribution in [2.75, 3.05) is 26.4 Å². The first kappa shape index (κ1) is 16.1. The fraction of sp³-hybridized carbons (Fsp3) is 1.00. The van der Waals surface area contributed by atoms with Gasteiger partial charge in [0.15, 0.2) is 0 Å². The Morgan fingerprint density at radius 2 is 1.31 bits per heavy atom. The predicted octanol–water partition coefficient (Wildman–Crippen LogP) is 1.96. The van der Waals surface area contributed by atoms with Crippen LogP contribution in [0.2, 0.25) is 0 Å². The summed E-state index contributed by atoms with van der Waals surface area (Å²) >= 11 is 0. The molecule has 16 heavy (non-hydrogen) atoms. The Hall–Kier alpha value is 0.0569. The van der Waals surface area contributed by atoms with Crippen LogP contribution >= 0.6 is 0 Å². The van der Waals surface area contributed by atoms with Crippen LogP contribution < -0.4 is 5.32 Å². The summed E-state index contributed by atoms with van der Waals surface area (Å²) in [7, 11) is -2.56. The molecule has 0 aliphatic rings. The average Bonchev–Trinajstić information content (AvgIpc) is 2.26. The monoisotopic (exact) mass is 249 g/mol. The Balaban J connectivity index is 4.78. The van der Waals surface area contributed by atoms with Gasteiger partial charge in [-0.1, -0.05) is 13.8 Å². The summed E-state index contributed by atoms with van der Waals surface area (Å²) in [5.41, 5.74) is 0.192. The molecule has 0 rings (SSSR count). The fourth-order valence-electron chi connectivity index (χ4n) is 1.80. The second kappa shape index (κ2) is 9.12. The molecule has 0 radical (unpaired) electrons. The van der Waals surface area contributed by atoms with Crippen LogP contribution in [0.3, 0.4) is 0 Å². The van der Waals surface area contributed by atoms with E-state index in [1.165, 1.54) is 0 Å². The van der Waals surface area contributed by atoms with Crippen LogP contribution in [0.4, 0.5) is 0 Å². The molecule has 0 aromatic rings. The Kier molecular flexibility index (Phi) is 9.16. The van der Waals surface area contributed by atoms with Crippen molar-refractivity contribution >= 4 is 8.80 Å². The van der Waals surface area contributed by atoms with Gasteiger partial charge in [0.1, 0.15) is 0 Å². The molecule has 1 N–H and O–H groups in total. The largest absolute Gasteiger partial charge is 0.518 e. The van der Waals surface area contributed by atoms with Crippen LogP contribution in [0.1, 0.15) is 41.0 Å². The second-order valence-electron chi connectivity index (χ2n) is 3.42. The summed E-state index contributed by atoms with van der Waals surface area (Å²) in [4.78, 5) is 0. The van der Waals surface area contributed by atoms with Gasteiger partial charge in [-0.3, -0.25) is 0 Å². The molecule has 1 unspecified atom stereocenters. The van der Waals surface area contributed by atoms with Gasteiger partial charge in [-0.2, -0.15) is 0 Å². The maximum atomic E-state index is 5.85. The third-order valence-electron chi connectivity index (χ3n) is 2.32. The van der Waals surface area contributed by atoms with E-state index in [9.17, 15) is 0 Å². The first-order chi connectivity index (χ1) is 7.70. The Labute approximate surface area is 101 Å². The lowest BCUT2D eigenvalue weighted by atomic mass is 10.5. The molecule has 0 saturated carbocycles. The summed E-state index contributed by atoms with van der Waals surface area (Å²) in [6.45, 7) is 13.0. The summed E-state index contributed by atoms with van der Waals surface area (Å²) in [6, 6.07) is 0. The van der Waals surface area contributed by atoms with E-state index >= 15 is 0 Å². The molecule has 0 aromatic carbocycles. The molecular formula is C11H27NO3Si. The molecule has 98 valence electrons. The van der Waals surface area contributed by atoms with E-state index in [-0.39, 0.29) is 5.67 Å². The van der Waals surface area contributed by atoms with E-state index < -0.39 is 8.80 Å². The summed E-state index contributed by atoms with van der Waals surface area (Å²) in [5.74, 6) is 0. The van der Waals surface area contributed by atoms with Crippen LogP contribution in [0.15, 0.2) is 0 Å². The Bertz CT molecular complexity index is 152. The minimum absolute atomic E-state index is 0.192. The molecule has 4 nitrogen and oxygen atoms in total. The van der Waals surface area contributed by atoms with Gasteiger partial charge in [0.25, 0.3) is 0 Å². The lowest BCUT2D eigenvalue weighted by Crippen LogP contribution is -2.61. The van der Waals surface area contributed by atoms with E-state index in [1.54, 1.807) is 0 Å². The fourth-order valence-corrected chi connectivity index (χ4v) is 4.81. The lowest BCUT2D eigenvalue weighted by Gasteiger charge is -2.35. The van der Waals surface area contributed by atoms with Gasteiger partial charge in [0.2, 0.25) is 0 Å². The van der Waals surface area contributed by atoms with Gasteiger partial charge in [-0.15, -0.1) is 0 Å². The van der Waals surface area contributed by atoms with Gasteiger partial charge >= 0.3 is 8.80 Å². The summed E-state index contributed by atoms with van der Waals surface area (Å²) in [5, 5.41) is 3.41. The van der Waals surface area contributed by atoms with Crippen LogP contribution in [0, 0.1) is 0 Å². The van der Waals surface area contributed by atoms with Crippen LogP contribution in [-0.4, -0.2) is 40.8 Å². The third-order valence-corrected chi connectivity index (χ3v) is 5.86. The molecule has 0 aliphatic carbocycles. The van der Waals surface area contributed by atoms with E-state index in [0.717, 1.165) is 13.0 Å². The van der Waals surface area contributed by atoms with Crippen molar-refractivity contribution in [1.29, 1.82) is 0 Å². The molecular weight excluding hydrogens is 222 g/mol. The molecule has 0 aliphatic heterocycles. The standard InChI is InChI=1S/C11H27NO3Si/c1-6-11(12-7-2)16(13-8-3,14-9-4)15-10-5/h11-12H,6-10H2,1-5H3. The topological polar surface area (TPSA) is 39.7 Å². The zero-order valence-electron chi connectivity index (χ0n) is 11.3. The van der Waals surface area contributed by atoms with E-state index in [0.29, 0.717) is 19.8 Å². The summed E-state index contributed by atoms with van der Waals surface area (Å²) in [6.07, 6.45) is 0.958. The Morgan fingerprint density at radius 3 is 1.56 bits per heavy atom. The molecule has 0 bridgehead atoms. The maximum Gasteiger partial charge on any atom is 0.518 e. The number of hydrogen-bond acceptors (Lipinski definition) is 4. The van der Waals surface area contributed by atoms with Crippen molar-refractivity contribution in [3.63, 3.8) is 0 Å². The number of rotatable bonds is 10. The van der Waals surface area contributed by atoms with Crippen LogP contribution in [0.25, 0.3) is 0 Å². The minimum Gasteiger partial charge on any atom is -0.373 e. The van der Waals surface area contributed by atoms with Gasteiger partial charge < -0.3 is 18.6 Å². The normalized spacial score (nSPS) is 14.1. The lowest BCUT2D eigenvalue weighted by molar-refractivity contribution is 0.0576. The van der Waals surface area contributed by atoms with E-state index in [4.69, 9.17) is 13.3 Å². The molecule has 5 heteroatoms. The first-order valence-corrected chi connectivity index (χ1v) is 8.16. The SMILES string of the molecule is CCNC(CC)[Si](OCC)(OCC)OCC. The smallest absolute Gasteiger partial charge is 0.373 e. The molecule has 0 spiro atoms. The highest BCUT2D eigenvalue weighted by Gasteiger charge is 2.48. The van der Waals surface area contributed by atoms with Crippen molar-refractivity contribution in [1.82, 2.24) is 5.32 Å². The first-order valence-electron chi connectivity index (χ1n) is 6.35. The van der Waals surface area contributed by atoms with Crippen molar-refractivity contribution in [2.24, 2.45) is 0 Å². The molecule has 1 atom stereocenters. The highest BCUT2D eigenvalue weighted by Crippen LogP contribution is 2.17. The molecule has 0 heterocycles. The zero-order valence-corrected chi connectivity index (χ0v) is 12.3. The Morgan fingerprint density at radius 1 is 0.875 bits per heavy atom. The van der Waals surface area contributed by atoms with E-state index in [2.05, 4.69) is 19.2 Å². The summed E-state index contributed by atoms with van der Waals surface area (Å²) < 4.78 is 17.5. The van der Waals surface area contributed by atoms with Crippen molar-refractivity contribution in [2.45, 2.75) is 46.7 Å². The quantitative estimate of drug-likeness (QED) is 0.601. The van der Waals surface area contributed by atoms with Gasteiger partial charge in [0.05, 0.1) is 5.67 Å². The predicted molar refractivity (Wildman–Crippen MR) is 68.4 cm³/mol. The minimum atomic E-state index is -2.56. The van der Waals surface area contributed by atoms with Crippen molar-refractivity contribution < 1.29 is 13.3 Å². The zero-order chi connectivity index (χ0) is 12.4. The highest BCUT2D eigenvalue weighted by molar-refractivity contribution is 6.62. The molecule has 0 fully saturated rings. The van der Waals surface area contributed by atoms with Gasteiger partial charge in [-0.05, 0) is 33.7 Å². The number of hydrogen-bond donors (Lipinski definition) is 1. The van der Waals surface area contributed by atoms with Crippen molar-refractivity contribution in [3.8, 4) is 0 Å². The van der Waals surface area contributed by atoms with Crippen LogP contribution in [-0.2, 0) is 13.3 Å². The maximum absolute atomic E-state index is 5.85.